The van der Waals surface area contributed by atoms with Gasteiger partial charge in [0.25, 0.3) is 0 Å². The lowest BCUT2D eigenvalue weighted by Gasteiger charge is -2.01. The zero-order valence-corrected chi connectivity index (χ0v) is 10.6. The molecule has 0 amide bonds. The Kier molecular flexibility index (Phi) is 3.88. The van der Waals surface area contributed by atoms with Gasteiger partial charge in [-0.3, -0.25) is 0 Å². The largest absolute Gasteiger partial charge is 0.441 e. The van der Waals surface area contributed by atoms with Crippen LogP contribution in [0.15, 0.2) is 28.7 Å². The summed E-state index contributed by atoms with van der Waals surface area (Å²) in [5.41, 5.74) is 1.86. The number of thioether (sulfide) groups is 1. The number of para-hydroxylation sites is 2. The lowest BCUT2D eigenvalue weighted by atomic mass is 10.3. The lowest BCUT2D eigenvalue weighted by Crippen LogP contribution is -1.94. The van der Waals surface area contributed by atoms with Crippen LogP contribution in [0.1, 0.15) is 19.7 Å². The SMILES string of the molecule is CC(C)CSCCc1nc2ccccc2o1. The average molecular weight is 235 g/mol. The van der Waals surface area contributed by atoms with Crippen LogP contribution in [0, 0.1) is 5.92 Å². The molecular weight excluding hydrogens is 218 g/mol. The number of rotatable bonds is 5. The molecule has 16 heavy (non-hydrogen) atoms. The van der Waals surface area contributed by atoms with E-state index in [0.717, 1.165) is 35.1 Å². The molecule has 3 heteroatoms. The number of benzene rings is 1. The van der Waals surface area contributed by atoms with Crippen molar-refractivity contribution in [3.8, 4) is 0 Å². The Morgan fingerprint density at radius 2 is 2.12 bits per heavy atom. The Labute approximate surface area is 100 Å². The fourth-order valence-electron chi connectivity index (χ4n) is 1.51. The monoisotopic (exact) mass is 235 g/mol. The number of aryl methyl sites for hydroxylation is 1. The van der Waals surface area contributed by atoms with Crippen molar-refractivity contribution in [2.45, 2.75) is 20.3 Å². The molecule has 0 unspecified atom stereocenters. The molecule has 2 nitrogen and oxygen atoms in total. The molecule has 0 N–H and O–H groups in total. The average Bonchev–Trinajstić information content (AvgIpc) is 2.66. The van der Waals surface area contributed by atoms with E-state index < -0.39 is 0 Å². The maximum atomic E-state index is 5.65. The molecule has 0 radical (unpaired) electrons. The van der Waals surface area contributed by atoms with Crippen LogP contribution < -0.4 is 0 Å². The van der Waals surface area contributed by atoms with Gasteiger partial charge in [-0.2, -0.15) is 11.8 Å². The van der Waals surface area contributed by atoms with E-state index in [1.807, 2.05) is 36.0 Å². The molecule has 1 aromatic carbocycles. The first kappa shape index (κ1) is 11.5. The lowest BCUT2D eigenvalue weighted by molar-refractivity contribution is 0.539. The molecule has 0 spiro atoms. The van der Waals surface area contributed by atoms with Gasteiger partial charge in [-0.15, -0.1) is 0 Å². The molecule has 0 saturated carbocycles. The standard InChI is InChI=1S/C13H17NOS/c1-10(2)9-16-8-7-13-14-11-5-3-4-6-12(11)15-13/h3-6,10H,7-9H2,1-2H3. The highest BCUT2D eigenvalue weighted by Gasteiger charge is 2.04. The molecular formula is C13H17NOS. The number of fused-ring (bicyclic) bond motifs is 1. The minimum Gasteiger partial charge on any atom is -0.441 e. The highest BCUT2D eigenvalue weighted by atomic mass is 32.2. The van der Waals surface area contributed by atoms with E-state index in [-0.39, 0.29) is 0 Å². The van der Waals surface area contributed by atoms with Gasteiger partial charge in [0.05, 0.1) is 0 Å². The maximum absolute atomic E-state index is 5.65. The van der Waals surface area contributed by atoms with E-state index in [1.165, 1.54) is 5.75 Å². The third kappa shape index (κ3) is 3.01. The van der Waals surface area contributed by atoms with E-state index >= 15 is 0 Å². The topological polar surface area (TPSA) is 26.0 Å². The third-order valence-corrected chi connectivity index (χ3v) is 3.64. The van der Waals surface area contributed by atoms with Gasteiger partial charge in [0.2, 0.25) is 0 Å². The summed E-state index contributed by atoms with van der Waals surface area (Å²) in [6, 6.07) is 7.92. The molecule has 0 aliphatic carbocycles. The van der Waals surface area contributed by atoms with Crippen molar-refractivity contribution in [2.24, 2.45) is 5.92 Å². The molecule has 1 heterocycles. The Hall–Kier alpha value is -0.960. The normalized spacial score (nSPS) is 11.4. The van der Waals surface area contributed by atoms with Crippen LogP contribution in [-0.2, 0) is 6.42 Å². The van der Waals surface area contributed by atoms with Gasteiger partial charge in [-0.1, -0.05) is 26.0 Å². The van der Waals surface area contributed by atoms with Crippen molar-refractivity contribution in [2.75, 3.05) is 11.5 Å². The van der Waals surface area contributed by atoms with E-state index in [0.29, 0.717) is 0 Å². The Balaban J connectivity index is 1.89. The zero-order valence-electron chi connectivity index (χ0n) is 9.77. The predicted molar refractivity (Wildman–Crippen MR) is 69.9 cm³/mol. The highest BCUT2D eigenvalue weighted by molar-refractivity contribution is 7.99. The van der Waals surface area contributed by atoms with E-state index in [2.05, 4.69) is 18.8 Å². The fourth-order valence-corrected chi connectivity index (χ4v) is 2.46. The minimum absolute atomic E-state index is 0.758. The van der Waals surface area contributed by atoms with E-state index in [4.69, 9.17) is 4.42 Å². The molecule has 0 saturated heterocycles. The van der Waals surface area contributed by atoms with Gasteiger partial charge in [0.15, 0.2) is 11.5 Å². The summed E-state index contributed by atoms with van der Waals surface area (Å²) in [5, 5.41) is 0. The van der Waals surface area contributed by atoms with Gasteiger partial charge in [-0.05, 0) is 23.8 Å². The number of aromatic nitrogens is 1. The summed E-state index contributed by atoms with van der Waals surface area (Å²) in [6.45, 7) is 4.48. The van der Waals surface area contributed by atoms with Crippen LogP contribution in [0.4, 0.5) is 0 Å². The first-order chi connectivity index (χ1) is 7.75. The number of hydrogen-bond acceptors (Lipinski definition) is 3. The Morgan fingerprint density at radius 3 is 2.88 bits per heavy atom. The molecule has 2 rings (SSSR count). The van der Waals surface area contributed by atoms with Crippen LogP contribution in [0.2, 0.25) is 0 Å². The number of nitrogens with zero attached hydrogens (tertiary/aromatic N) is 1. The molecule has 2 aromatic rings. The van der Waals surface area contributed by atoms with Crippen LogP contribution in [0.25, 0.3) is 11.1 Å². The summed E-state index contributed by atoms with van der Waals surface area (Å²) in [4.78, 5) is 4.45. The summed E-state index contributed by atoms with van der Waals surface area (Å²) < 4.78 is 5.65. The second-order valence-corrected chi connectivity index (χ2v) is 5.44. The van der Waals surface area contributed by atoms with Gasteiger partial charge in [0.1, 0.15) is 5.52 Å². The minimum atomic E-state index is 0.758. The summed E-state index contributed by atoms with van der Waals surface area (Å²) >= 11 is 1.97. The number of oxazole rings is 1. The summed E-state index contributed by atoms with van der Waals surface area (Å²) in [7, 11) is 0. The van der Waals surface area contributed by atoms with Crippen molar-refractivity contribution >= 4 is 22.9 Å². The van der Waals surface area contributed by atoms with Crippen molar-refractivity contribution in [3.63, 3.8) is 0 Å². The zero-order chi connectivity index (χ0) is 11.4. The fraction of sp³-hybridized carbons (Fsp3) is 0.462. The van der Waals surface area contributed by atoms with Crippen molar-refractivity contribution in [3.05, 3.63) is 30.2 Å². The molecule has 1 aromatic heterocycles. The van der Waals surface area contributed by atoms with E-state index in [9.17, 15) is 0 Å². The first-order valence-electron chi connectivity index (χ1n) is 5.68. The van der Waals surface area contributed by atoms with Crippen LogP contribution in [0.3, 0.4) is 0 Å². The molecule has 0 fully saturated rings. The quantitative estimate of drug-likeness (QED) is 0.738. The van der Waals surface area contributed by atoms with Gasteiger partial charge >= 0.3 is 0 Å². The van der Waals surface area contributed by atoms with Crippen LogP contribution in [-0.4, -0.2) is 16.5 Å². The summed E-state index contributed by atoms with van der Waals surface area (Å²) in [5.74, 6) is 3.91. The Morgan fingerprint density at radius 1 is 1.31 bits per heavy atom. The van der Waals surface area contributed by atoms with Crippen molar-refractivity contribution in [1.29, 1.82) is 0 Å². The third-order valence-electron chi connectivity index (χ3n) is 2.25. The van der Waals surface area contributed by atoms with Gasteiger partial charge < -0.3 is 4.42 Å². The predicted octanol–water partition coefficient (Wildman–Crippen LogP) is 3.76. The van der Waals surface area contributed by atoms with Gasteiger partial charge in [0, 0.05) is 12.2 Å². The number of hydrogen-bond donors (Lipinski definition) is 0. The first-order valence-corrected chi connectivity index (χ1v) is 6.83. The Bertz CT molecular complexity index is 417. The van der Waals surface area contributed by atoms with Crippen molar-refractivity contribution in [1.82, 2.24) is 4.98 Å². The smallest absolute Gasteiger partial charge is 0.196 e. The van der Waals surface area contributed by atoms with Crippen molar-refractivity contribution < 1.29 is 4.42 Å². The second-order valence-electron chi connectivity index (χ2n) is 4.29. The van der Waals surface area contributed by atoms with Gasteiger partial charge in [-0.25, -0.2) is 4.98 Å². The second kappa shape index (κ2) is 5.39. The molecule has 86 valence electrons. The van der Waals surface area contributed by atoms with E-state index in [1.54, 1.807) is 0 Å². The maximum Gasteiger partial charge on any atom is 0.196 e. The summed E-state index contributed by atoms with van der Waals surface area (Å²) in [6.07, 6.45) is 0.923. The molecule has 0 atom stereocenters. The molecule has 0 aliphatic heterocycles. The van der Waals surface area contributed by atoms with Crippen LogP contribution in [0.5, 0.6) is 0 Å². The highest BCUT2D eigenvalue weighted by Crippen LogP contribution is 2.16. The molecule has 0 bridgehead atoms. The molecule has 0 aliphatic rings. The van der Waals surface area contributed by atoms with Crippen LogP contribution >= 0.6 is 11.8 Å².